The molecular weight excluding hydrogens is 502 g/mol. The summed E-state index contributed by atoms with van der Waals surface area (Å²) in [7, 11) is 0. The Kier molecular flexibility index (Phi) is 5.76. The molecule has 2 aliphatic heterocycles. The zero-order valence-electron chi connectivity index (χ0n) is 22.1. The molecule has 0 bridgehead atoms. The first-order valence-corrected chi connectivity index (χ1v) is 14.0. The van der Waals surface area contributed by atoms with Crippen molar-refractivity contribution in [3.8, 4) is 11.3 Å². The first-order valence-electron chi connectivity index (χ1n) is 14.0. The molecule has 39 heavy (non-hydrogen) atoms. The van der Waals surface area contributed by atoms with Crippen molar-refractivity contribution >= 4 is 11.4 Å². The third-order valence-electron chi connectivity index (χ3n) is 8.99. The molecule has 3 aromatic rings. The van der Waals surface area contributed by atoms with Gasteiger partial charge in [0.05, 0.1) is 23.5 Å². The zero-order chi connectivity index (χ0) is 26.8. The molecule has 0 radical (unpaired) electrons. The van der Waals surface area contributed by atoms with E-state index in [0.29, 0.717) is 24.8 Å². The van der Waals surface area contributed by atoms with Crippen LogP contribution in [0.4, 0.5) is 20.2 Å². The van der Waals surface area contributed by atoms with Crippen LogP contribution in [0.2, 0.25) is 0 Å². The zero-order valence-corrected chi connectivity index (χ0v) is 22.1. The fourth-order valence-corrected chi connectivity index (χ4v) is 6.07. The van der Waals surface area contributed by atoms with Gasteiger partial charge in [0.1, 0.15) is 11.9 Å². The number of aromatic nitrogens is 5. The van der Waals surface area contributed by atoms with Crippen LogP contribution in [0.1, 0.15) is 45.2 Å². The van der Waals surface area contributed by atoms with Crippen LogP contribution in [0.25, 0.3) is 11.3 Å². The number of hydrogen-bond acceptors (Lipinski definition) is 7. The molecule has 0 amide bonds. The van der Waals surface area contributed by atoms with Crippen LogP contribution in [0, 0.1) is 11.3 Å². The van der Waals surface area contributed by atoms with Crippen molar-refractivity contribution in [2.75, 3.05) is 42.5 Å². The summed E-state index contributed by atoms with van der Waals surface area (Å²) in [6.45, 7) is 5.59. The van der Waals surface area contributed by atoms with Gasteiger partial charge in [0.2, 0.25) is 0 Å². The third-order valence-corrected chi connectivity index (χ3v) is 8.99. The highest BCUT2D eigenvalue weighted by atomic mass is 19.3. The number of halogens is 2. The molecule has 2 saturated heterocycles. The van der Waals surface area contributed by atoms with E-state index in [1.54, 1.807) is 33.9 Å². The maximum Gasteiger partial charge on any atom is 0.258 e. The van der Waals surface area contributed by atoms with E-state index in [1.807, 2.05) is 30.2 Å². The van der Waals surface area contributed by atoms with E-state index in [1.165, 1.54) is 19.3 Å². The largest absolute Gasteiger partial charge is 0.370 e. The predicted octanol–water partition coefficient (Wildman–Crippen LogP) is 3.38. The minimum atomic E-state index is -2.54. The number of hydrogen-bond donors (Lipinski definition) is 1. The van der Waals surface area contributed by atoms with Gasteiger partial charge in [-0.15, -0.1) is 5.10 Å². The van der Waals surface area contributed by atoms with Crippen LogP contribution in [0.15, 0.2) is 47.8 Å². The fraction of sp³-hybridized carbons (Fsp3) is 0.571. The first-order chi connectivity index (χ1) is 18.8. The van der Waals surface area contributed by atoms with Crippen molar-refractivity contribution < 1.29 is 8.78 Å². The van der Waals surface area contributed by atoms with E-state index in [4.69, 9.17) is 0 Å². The van der Waals surface area contributed by atoms with Gasteiger partial charge < -0.3 is 15.1 Å². The molecule has 1 N–H and O–H groups in total. The topological polar surface area (TPSA) is 84.1 Å². The van der Waals surface area contributed by atoms with Crippen molar-refractivity contribution in [2.45, 2.75) is 57.2 Å². The van der Waals surface area contributed by atoms with Crippen molar-refractivity contribution in [1.82, 2.24) is 29.9 Å². The molecule has 2 saturated carbocycles. The fourth-order valence-electron chi connectivity index (χ4n) is 6.07. The number of nitrogens with zero attached hydrogens (tertiary/aromatic N) is 7. The lowest BCUT2D eigenvalue weighted by molar-refractivity contribution is 0.0520. The summed E-state index contributed by atoms with van der Waals surface area (Å²) in [5.41, 5.74) is 2.21. The Labute approximate surface area is 225 Å². The van der Waals surface area contributed by atoms with Gasteiger partial charge in [-0.05, 0) is 57.2 Å². The van der Waals surface area contributed by atoms with E-state index in [2.05, 4.69) is 25.5 Å². The normalized spacial score (nSPS) is 24.0. The van der Waals surface area contributed by atoms with E-state index in [-0.39, 0.29) is 18.1 Å². The van der Waals surface area contributed by atoms with Crippen molar-refractivity contribution in [1.29, 1.82) is 0 Å². The van der Waals surface area contributed by atoms with Gasteiger partial charge >= 0.3 is 0 Å². The molecule has 206 valence electrons. The Morgan fingerprint density at radius 2 is 1.95 bits per heavy atom. The minimum absolute atomic E-state index is 0.0215. The lowest BCUT2D eigenvalue weighted by Gasteiger charge is -2.41. The van der Waals surface area contributed by atoms with Gasteiger partial charge in [-0.25, -0.2) is 13.5 Å². The van der Waals surface area contributed by atoms with Gasteiger partial charge in [-0.2, -0.15) is 0 Å². The van der Waals surface area contributed by atoms with Crippen LogP contribution in [0.3, 0.4) is 0 Å². The van der Waals surface area contributed by atoms with Crippen LogP contribution >= 0.6 is 0 Å². The van der Waals surface area contributed by atoms with Gasteiger partial charge in [-0.1, -0.05) is 5.21 Å². The number of nitrogens with one attached hydrogen (secondary N) is 1. The smallest absolute Gasteiger partial charge is 0.258 e. The van der Waals surface area contributed by atoms with Gasteiger partial charge in [0, 0.05) is 68.4 Å². The molecule has 11 heteroatoms. The first kappa shape index (κ1) is 24.7. The Hall–Kier alpha value is -3.34. The molecule has 2 aliphatic carbocycles. The molecule has 9 nitrogen and oxygen atoms in total. The second-order valence-electron chi connectivity index (χ2n) is 11.9. The minimum Gasteiger partial charge on any atom is -0.370 e. The summed E-state index contributed by atoms with van der Waals surface area (Å²) in [6, 6.07) is 6.11. The molecule has 3 aromatic heterocycles. The molecule has 1 unspecified atom stereocenters. The summed E-state index contributed by atoms with van der Waals surface area (Å²) < 4.78 is 30.5. The van der Waals surface area contributed by atoms with Crippen LogP contribution < -0.4 is 20.7 Å². The van der Waals surface area contributed by atoms with Crippen molar-refractivity contribution in [2.24, 2.45) is 11.3 Å². The maximum atomic E-state index is 13.6. The van der Waals surface area contributed by atoms with Crippen LogP contribution in [-0.2, 0) is 0 Å². The Morgan fingerprint density at radius 3 is 2.69 bits per heavy atom. The highest BCUT2D eigenvalue weighted by Crippen LogP contribution is 2.65. The number of pyridine rings is 2. The van der Waals surface area contributed by atoms with E-state index in [0.717, 1.165) is 48.9 Å². The highest BCUT2D eigenvalue weighted by molar-refractivity contribution is 5.64. The van der Waals surface area contributed by atoms with Crippen molar-refractivity contribution in [3.05, 3.63) is 53.3 Å². The molecule has 0 aromatic carbocycles. The molecule has 4 aliphatic rings. The second-order valence-corrected chi connectivity index (χ2v) is 11.9. The van der Waals surface area contributed by atoms with Crippen molar-refractivity contribution in [3.63, 3.8) is 0 Å². The number of rotatable bonds is 8. The maximum absolute atomic E-state index is 13.6. The Balaban J connectivity index is 1.02. The molecule has 4 fully saturated rings. The van der Waals surface area contributed by atoms with Crippen LogP contribution in [-0.4, -0.2) is 69.2 Å². The van der Waals surface area contributed by atoms with E-state index >= 15 is 0 Å². The summed E-state index contributed by atoms with van der Waals surface area (Å²) in [5, 5.41) is 12.3. The SMILES string of the molecule is CC(n1cc(-c2cncc(N3CC4(C3)CC4(F)F)c2)nn1)n1ccc(N2CCC[C@@H](NCC3CC3)C2)cc1=O. The van der Waals surface area contributed by atoms with E-state index < -0.39 is 11.3 Å². The monoisotopic (exact) mass is 536 g/mol. The predicted molar refractivity (Wildman–Crippen MR) is 144 cm³/mol. The number of anilines is 2. The molecule has 7 rings (SSSR count). The average molecular weight is 537 g/mol. The molecule has 2 atom stereocenters. The quantitative estimate of drug-likeness (QED) is 0.473. The van der Waals surface area contributed by atoms with Gasteiger partial charge in [0.15, 0.2) is 0 Å². The standard InChI is InChI=1S/C28H34F2N8O/c1-19(37-8-6-23(10-26(37)39)35-7-2-3-22(14-35)32-11-20-4-5-20)38-15-25(33-34-38)21-9-24(13-31-12-21)36-17-27(18-36)16-28(27,29)30/h6,8-10,12-13,15,19-20,22,32H,2-5,7,11,14,16-18H2,1H3/t19?,22-/m1/s1. The number of alkyl halides is 2. The molecular formula is C28H34F2N8O. The van der Waals surface area contributed by atoms with Gasteiger partial charge in [-0.3, -0.25) is 14.3 Å². The molecule has 1 spiro atoms. The average Bonchev–Trinajstić information content (AvgIpc) is 3.78. The molecule has 5 heterocycles. The number of piperidine rings is 1. The summed E-state index contributed by atoms with van der Waals surface area (Å²) in [6.07, 6.45) is 11.6. The summed E-state index contributed by atoms with van der Waals surface area (Å²) in [5.74, 6) is -1.68. The Bertz CT molecular complexity index is 1430. The van der Waals surface area contributed by atoms with Crippen LogP contribution in [0.5, 0.6) is 0 Å². The Morgan fingerprint density at radius 1 is 1.13 bits per heavy atom. The summed E-state index contributed by atoms with van der Waals surface area (Å²) >= 11 is 0. The van der Waals surface area contributed by atoms with Gasteiger partial charge in [0.25, 0.3) is 11.5 Å². The lowest BCUT2D eigenvalue weighted by atomic mass is 9.95. The highest BCUT2D eigenvalue weighted by Gasteiger charge is 2.75. The second kappa shape index (κ2) is 9.11. The third kappa shape index (κ3) is 4.60. The summed E-state index contributed by atoms with van der Waals surface area (Å²) in [4.78, 5) is 21.7. The lowest BCUT2D eigenvalue weighted by Crippen LogP contribution is -2.51. The van der Waals surface area contributed by atoms with E-state index in [9.17, 15) is 13.6 Å².